The van der Waals surface area contributed by atoms with Gasteiger partial charge in [-0.2, -0.15) is 0 Å². The predicted octanol–water partition coefficient (Wildman–Crippen LogP) is 3.56. The average molecular weight is 342 g/mol. The number of anilines is 1. The van der Waals surface area contributed by atoms with E-state index in [0.717, 1.165) is 42.4 Å². The van der Waals surface area contributed by atoms with Gasteiger partial charge in [0.2, 0.25) is 0 Å². The molecule has 4 heterocycles. The van der Waals surface area contributed by atoms with E-state index in [1.807, 2.05) is 6.33 Å². The molecule has 0 bridgehead atoms. The Hall–Kier alpha value is -2.02. The van der Waals surface area contributed by atoms with Crippen LogP contribution >= 0.6 is 11.3 Å². The van der Waals surface area contributed by atoms with Crippen molar-refractivity contribution < 1.29 is 0 Å². The maximum absolute atomic E-state index is 4.57. The predicted molar refractivity (Wildman–Crippen MR) is 96.7 cm³/mol. The van der Waals surface area contributed by atoms with Crippen molar-refractivity contribution in [1.29, 1.82) is 0 Å². The minimum Gasteiger partial charge on any atom is -0.356 e. The minimum atomic E-state index is 0.406. The zero-order valence-electron chi connectivity index (χ0n) is 14.3. The summed E-state index contributed by atoms with van der Waals surface area (Å²) in [5, 5.41) is 9.69. The summed E-state index contributed by atoms with van der Waals surface area (Å²) < 4.78 is 2.20. The van der Waals surface area contributed by atoms with E-state index in [-0.39, 0.29) is 0 Å². The zero-order chi connectivity index (χ0) is 16.7. The molecule has 0 N–H and O–H groups in total. The molecule has 4 rings (SSSR count). The Labute approximate surface area is 145 Å². The first-order valence-corrected chi connectivity index (χ1v) is 9.30. The van der Waals surface area contributed by atoms with Gasteiger partial charge >= 0.3 is 0 Å². The average Bonchev–Trinajstić information content (AvgIpc) is 3.20. The number of hydrogen-bond acceptors (Lipinski definition) is 6. The third-order valence-electron chi connectivity index (χ3n) is 4.75. The molecule has 1 aliphatic rings. The second-order valence-electron chi connectivity index (χ2n) is 6.72. The molecular weight excluding hydrogens is 320 g/mol. The molecule has 0 spiro atoms. The Bertz CT molecular complexity index is 844. The van der Waals surface area contributed by atoms with Crippen LogP contribution in [0.3, 0.4) is 0 Å². The number of piperidine rings is 1. The quantitative estimate of drug-likeness (QED) is 0.728. The van der Waals surface area contributed by atoms with Crippen LogP contribution in [0.4, 0.5) is 5.82 Å². The van der Waals surface area contributed by atoms with Crippen molar-refractivity contribution in [3.8, 4) is 0 Å². The van der Waals surface area contributed by atoms with E-state index in [1.54, 1.807) is 17.7 Å². The lowest BCUT2D eigenvalue weighted by Gasteiger charge is -2.33. The molecule has 3 aromatic heterocycles. The molecule has 24 heavy (non-hydrogen) atoms. The van der Waals surface area contributed by atoms with Gasteiger partial charge in [0.1, 0.15) is 29.1 Å². The molecule has 0 amide bonds. The molecule has 1 aliphatic heterocycles. The largest absolute Gasteiger partial charge is 0.356 e. The summed E-state index contributed by atoms with van der Waals surface area (Å²) in [6.07, 6.45) is 5.71. The summed E-state index contributed by atoms with van der Waals surface area (Å²) in [5.41, 5.74) is 0. The van der Waals surface area contributed by atoms with Gasteiger partial charge in [-0.25, -0.2) is 9.97 Å². The molecule has 7 heteroatoms. The standard InChI is InChI=1S/C17H22N6S/c1-11(2)23-10-20-21-15(23)13-4-6-22(7-5-13)16-14-8-12(3)24-17(14)19-9-18-16/h8-11,13H,4-7H2,1-3H3. The van der Waals surface area contributed by atoms with Gasteiger partial charge in [-0.3, -0.25) is 0 Å². The van der Waals surface area contributed by atoms with Crippen LogP contribution in [0, 0.1) is 6.92 Å². The second kappa shape index (κ2) is 6.12. The Morgan fingerprint density at radius 3 is 2.75 bits per heavy atom. The van der Waals surface area contributed by atoms with Gasteiger partial charge in [-0.15, -0.1) is 21.5 Å². The van der Waals surface area contributed by atoms with E-state index in [9.17, 15) is 0 Å². The minimum absolute atomic E-state index is 0.406. The SMILES string of the molecule is Cc1cc2c(N3CCC(c4nncn4C(C)C)CC3)ncnc2s1. The Morgan fingerprint density at radius 1 is 1.21 bits per heavy atom. The summed E-state index contributed by atoms with van der Waals surface area (Å²) >= 11 is 1.73. The molecule has 1 saturated heterocycles. The van der Waals surface area contributed by atoms with Crippen molar-refractivity contribution in [2.75, 3.05) is 18.0 Å². The number of thiophene rings is 1. The number of hydrogen-bond donors (Lipinski definition) is 0. The molecule has 6 nitrogen and oxygen atoms in total. The number of aryl methyl sites for hydroxylation is 1. The van der Waals surface area contributed by atoms with Gasteiger partial charge in [0.15, 0.2) is 0 Å². The number of fused-ring (bicyclic) bond motifs is 1. The van der Waals surface area contributed by atoms with Crippen molar-refractivity contribution in [3.63, 3.8) is 0 Å². The van der Waals surface area contributed by atoms with Crippen molar-refractivity contribution in [3.05, 3.63) is 29.4 Å². The van der Waals surface area contributed by atoms with Crippen molar-refractivity contribution in [2.24, 2.45) is 0 Å². The molecule has 0 radical (unpaired) electrons. The maximum atomic E-state index is 4.57. The van der Waals surface area contributed by atoms with Gasteiger partial charge in [0.05, 0.1) is 5.39 Å². The van der Waals surface area contributed by atoms with Crippen LogP contribution in [-0.4, -0.2) is 37.8 Å². The lowest BCUT2D eigenvalue weighted by Crippen LogP contribution is -2.34. The van der Waals surface area contributed by atoms with Gasteiger partial charge in [0.25, 0.3) is 0 Å². The summed E-state index contributed by atoms with van der Waals surface area (Å²) in [7, 11) is 0. The maximum Gasteiger partial charge on any atom is 0.140 e. The fourth-order valence-corrected chi connectivity index (χ4v) is 4.35. The van der Waals surface area contributed by atoms with E-state index in [2.05, 4.69) is 56.5 Å². The first-order chi connectivity index (χ1) is 11.6. The van der Waals surface area contributed by atoms with E-state index >= 15 is 0 Å². The highest BCUT2D eigenvalue weighted by Gasteiger charge is 2.26. The molecule has 1 fully saturated rings. The summed E-state index contributed by atoms with van der Waals surface area (Å²) in [6.45, 7) is 8.48. The Kier molecular flexibility index (Phi) is 3.96. The van der Waals surface area contributed by atoms with Crippen molar-refractivity contribution >= 4 is 27.4 Å². The van der Waals surface area contributed by atoms with Crippen LogP contribution < -0.4 is 4.90 Å². The van der Waals surface area contributed by atoms with E-state index in [1.165, 1.54) is 10.3 Å². The molecule has 0 aromatic carbocycles. The van der Waals surface area contributed by atoms with E-state index < -0.39 is 0 Å². The normalized spacial score (nSPS) is 16.4. The molecule has 0 unspecified atom stereocenters. The molecule has 0 saturated carbocycles. The first-order valence-electron chi connectivity index (χ1n) is 8.49. The first kappa shape index (κ1) is 15.5. The molecule has 0 atom stereocenters. The summed E-state index contributed by atoms with van der Waals surface area (Å²) in [5.74, 6) is 2.68. The van der Waals surface area contributed by atoms with Crippen LogP contribution in [0.5, 0.6) is 0 Å². The third-order valence-corrected chi connectivity index (χ3v) is 5.71. The topological polar surface area (TPSA) is 59.7 Å². The summed E-state index contributed by atoms with van der Waals surface area (Å²) in [4.78, 5) is 13.7. The molecule has 3 aromatic rings. The summed E-state index contributed by atoms with van der Waals surface area (Å²) in [6, 6.07) is 2.61. The highest BCUT2D eigenvalue weighted by Crippen LogP contribution is 2.34. The number of rotatable bonds is 3. The van der Waals surface area contributed by atoms with Crippen molar-refractivity contribution in [2.45, 2.75) is 45.6 Å². The van der Waals surface area contributed by atoms with Crippen LogP contribution in [-0.2, 0) is 0 Å². The number of nitrogens with zero attached hydrogens (tertiary/aromatic N) is 6. The van der Waals surface area contributed by atoms with E-state index in [4.69, 9.17) is 0 Å². The number of aromatic nitrogens is 5. The van der Waals surface area contributed by atoms with Gasteiger partial charge in [-0.05, 0) is 39.7 Å². The van der Waals surface area contributed by atoms with Crippen LogP contribution in [0.15, 0.2) is 18.7 Å². The van der Waals surface area contributed by atoms with Gasteiger partial charge < -0.3 is 9.47 Å². The second-order valence-corrected chi connectivity index (χ2v) is 7.96. The smallest absolute Gasteiger partial charge is 0.140 e. The van der Waals surface area contributed by atoms with Crippen LogP contribution in [0.25, 0.3) is 10.2 Å². The fourth-order valence-electron chi connectivity index (χ4n) is 3.51. The van der Waals surface area contributed by atoms with Crippen molar-refractivity contribution in [1.82, 2.24) is 24.7 Å². The van der Waals surface area contributed by atoms with Crippen LogP contribution in [0.1, 0.15) is 49.4 Å². The lowest BCUT2D eigenvalue weighted by molar-refractivity contribution is 0.448. The molecule has 0 aliphatic carbocycles. The Morgan fingerprint density at radius 2 is 2.00 bits per heavy atom. The fraction of sp³-hybridized carbons (Fsp3) is 0.529. The Balaban J connectivity index is 1.54. The molecule has 126 valence electrons. The lowest BCUT2D eigenvalue weighted by atomic mass is 9.95. The van der Waals surface area contributed by atoms with Gasteiger partial charge in [0, 0.05) is 29.9 Å². The van der Waals surface area contributed by atoms with E-state index in [0.29, 0.717) is 12.0 Å². The van der Waals surface area contributed by atoms with Crippen LogP contribution in [0.2, 0.25) is 0 Å². The third kappa shape index (κ3) is 2.66. The molecular formula is C17H22N6S. The monoisotopic (exact) mass is 342 g/mol. The van der Waals surface area contributed by atoms with Gasteiger partial charge in [-0.1, -0.05) is 0 Å². The highest BCUT2D eigenvalue weighted by molar-refractivity contribution is 7.18. The highest BCUT2D eigenvalue weighted by atomic mass is 32.1. The zero-order valence-corrected chi connectivity index (χ0v) is 15.1.